The first-order chi connectivity index (χ1) is 8.40. The third-order valence-electron chi connectivity index (χ3n) is 3.32. The second kappa shape index (κ2) is 4.72. The van der Waals surface area contributed by atoms with Crippen LogP contribution in [0.1, 0.15) is 18.9 Å². The van der Waals surface area contributed by atoms with E-state index in [4.69, 9.17) is 27.9 Å². The predicted octanol–water partition coefficient (Wildman–Crippen LogP) is 3.36. The minimum Gasteiger partial charge on any atom is -0.380 e. The van der Waals surface area contributed by atoms with Gasteiger partial charge in [-0.2, -0.15) is 0 Å². The van der Waals surface area contributed by atoms with Crippen molar-refractivity contribution in [1.29, 1.82) is 0 Å². The number of para-hydroxylation sites is 1. The Morgan fingerprint density at radius 1 is 1.44 bits per heavy atom. The molecule has 18 heavy (non-hydrogen) atoms. The molecule has 1 aromatic rings. The maximum Gasteiger partial charge on any atom is 0.233 e. The van der Waals surface area contributed by atoms with E-state index in [0.717, 1.165) is 11.3 Å². The number of halogens is 2. The Morgan fingerprint density at radius 2 is 2.06 bits per heavy atom. The summed E-state index contributed by atoms with van der Waals surface area (Å²) < 4.78 is 4.14. The van der Waals surface area contributed by atoms with Crippen molar-refractivity contribution in [2.24, 2.45) is 5.41 Å². The quantitative estimate of drug-likeness (QED) is 0.863. The number of ether oxygens (including phenoxy) is 1. The topological polar surface area (TPSA) is 38.3 Å². The maximum absolute atomic E-state index is 12.1. The molecule has 1 aromatic carbocycles. The number of nitrogens with one attached hydrogen (secondary N) is 1. The molecule has 2 rings (SSSR count). The monoisotopic (exact) mass is 287 g/mol. The lowest BCUT2D eigenvalue weighted by atomic mass is 10.1. The number of amides is 1. The molecule has 98 valence electrons. The Labute approximate surface area is 116 Å². The van der Waals surface area contributed by atoms with Gasteiger partial charge in [0.05, 0.1) is 12.0 Å². The minimum atomic E-state index is -0.951. The number of carbonyl (C=O) groups is 1. The number of benzene rings is 1. The summed E-state index contributed by atoms with van der Waals surface area (Å²) >= 11 is 12.0. The van der Waals surface area contributed by atoms with Crippen LogP contribution < -0.4 is 5.32 Å². The molecule has 1 aliphatic rings. The molecule has 1 atom stereocenters. The molecule has 5 heteroatoms. The Kier molecular flexibility index (Phi) is 3.58. The van der Waals surface area contributed by atoms with Crippen molar-refractivity contribution in [1.82, 2.24) is 0 Å². The van der Waals surface area contributed by atoms with Crippen LogP contribution in [-0.2, 0) is 16.1 Å². The fraction of sp³-hybridized carbons (Fsp3) is 0.462. The van der Waals surface area contributed by atoms with E-state index in [2.05, 4.69) is 5.32 Å². The number of hydrogen-bond donors (Lipinski definition) is 1. The summed E-state index contributed by atoms with van der Waals surface area (Å²) in [6.07, 6.45) is 0.474. The first-order valence-electron chi connectivity index (χ1n) is 5.67. The summed E-state index contributed by atoms with van der Waals surface area (Å²) in [6.45, 7) is 2.21. The molecule has 0 aromatic heterocycles. The fourth-order valence-corrected chi connectivity index (χ4v) is 2.54. The molecule has 0 aliphatic heterocycles. The van der Waals surface area contributed by atoms with Gasteiger partial charge in [0.1, 0.15) is 4.33 Å². The molecule has 0 unspecified atom stereocenters. The summed E-state index contributed by atoms with van der Waals surface area (Å²) in [5, 5.41) is 2.87. The summed E-state index contributed by atoms with van der Waals surface area (Å²) in [5.74, 6) is -0.156. The second-order valence-electron chi connectivity index (χ2n) is 4.76. The lowest BCUT2D eigenvalue weighted by Crippen LogP contribution is -2.26. The number of rotatable bonds is 4. The largest absolute Gasteiger partial charge is 0.380 e. The van der Waals surface area contributed by atoms with Crippen LogP contribution in [0.3, 0.4) is 0 Å². The standard InChI is InChI=1S/C13H15Cl2NO2/c1-12(8-13(12,14)15)11(17)16-10-6-4-3-5-9(10)7-18-2/h3-6H,7-8H2,1-2H3,(H,16,17)/t12-/m0/s1. The van der Waals surface area contributed by atoms with E-state index in [0.29, 0.717) is 13.0 Å². The molecule has 1 N–H and O–H groups in total. The van der Waals surface area contributed by atoms with Crippen molar-refractivity contribution < 1.29 is 9.53 Å². The van der Waals surface area contributed by atoms with Crippen LogP contribution in [0.2, 0.25) is 0 Å². The van der Waals surface area contributed by atoms with Gasteiger partial charge in [-0.3, -0.25) is 4.79 Å². The molecule has 0 spiro atoms. The molecule has 1 saturated carbocycles. The molecule has 1 amide bonds. The van der Waals surface area contributed by atoms with Gasteiger partial charge in [0.15, 0.2) is 0 Å². The van der Waals surface area contributed by atoms with Gasteiger partial charge in [-0.25, -0.2) is 0 Å². The average Bonchev–Trinajstić information content (AvgIpc) is 2.83. The molecular formula is C13H15Cl2NO2. The van der Waals surface area contributed by atoms with Crippen molar-refractivity contribution in [3.63, 3.8) is 0 Å². The normalized spacial score (nSPS) is 24.7. The number of carbonyl (C=O) groups excluding carboxylic acids is 1. The smallest absolute Gasteiger partial charge is 0.233 e. The van der Waals surface area contributed by atoms with Gasteiger partial charge in [0.2, 0.25) is 5.91 Å². The first kappa shape index (κ1) is 13.7. The van der Waals surface area contributed by atoms with E-state index < -0.39 is 9.75 Å². The zero-order valence-electron chi connectivity index (χ0n) is 10.3. The van der Waals surface area contributed by atoms with Crippen LogP contribution in [0.5, 0.6) is 0 Å². The van der Waals surface area contributed by atoms with Gasteiger partial charge in [0, 0.05) is 18.4 Å². The van der Waals surface area contributed by atoms with Gasteiger partial charge in [-0.1, -0.05) is 18.2 Å². The van der Waals surface area contributed by atoms with Crippen molar-refractivity contribution in [2.75, 3.05) is 12.4 Å². The maximum atomic E-state index is 12.1. The zero-order chi connectivity index (χ0) is 13.4. The third-order valence-corrected chi connectivity index (χ3v) is 4.43. The molecule has 1 aliphatic carbocycles. The second-order valence-corrected chi connectivity index (χ2v) is 6.24. The Morgan fingerprint density at radius 3 is 2.61 bits per heavy atom. The average molecular weight is 288 g/mol. The van der Waals surface area contributed by atoms with Crippen LogP contribution in [0, 0.1) is 5.41 Å². The summed E-state index contributed by atoms with van der Waals surface area (Å²) in [4.78, 5) is 12.1. The number of hydrogen-bond acceptors (Lipinski definition) is 2. The highest BCUT2D eigenvalue weighted by Crippen LogP contribution is 2.64. The van der Waals surface area contributed by atoms with Crippen molar-refractivity contribution in [3.8, 4) is 0 Å². The molecule has 1 fully saturated rings. The van der Waals surface area contributed by atoms with E-state index in [1.54, 1.807) is 14.0 Å². The number of alkyl halides is 2. The fourth-order valence-electron chi connectivity index (χ4n) is 1.83. The van der Waals surface area contributed by atoms with Gasteiger partial charge in [0.25, 0.3) is 0 Å². The van der Waals surface area contributed by atoms with E-state index in [9.17, 15) is 4.79 Å². The SMILES string of the molecule is COCc1ccccc1NC(=O)[C@]1(C)CC1(Cl)Cl. The molecule has 0 bridgehead atoms. The molecular weight excluding hydrogens is 273 g/mol. The summed E-state index contributed by atoms with van der Waals surface area (Å²) in [7, 11) is 1.61. The molecule has 0 saturated heterocycles. The van der Waals surface area contributed by atoms with E-state index in [-0.39, 0.29) is 5.91 Å². The van der Waals surface area contributed by atoms with E-state index >= 15 is 0 Å². The summed E-state index contributed by atoms with van der Waals surface area (Å²) in [6, 6.07) is 7.50. The number of anilines is 1. The minimum absolute atomic E-state index is 0.156. The lowest BCUT2D eigenvalue weighted by molar-refractivity contribution is -0.120. The first-order valence-corrected chi connectivity index (χ1v) is 6.42. The van der Waals surface area contributed by atoms with Crippen molar-refractivity contribution >= 4 is 34.8 Å². The molecule has 3 nitrogen and oxygen atoms in total. The van der Waals surface area contributed by atoms with Crippen LogP contribution in [0.25, 0.3) is 0 Å². The highest BCUT2D eigenvalue weighted by molar-refractivity contribution is 6.53. The van der Waals surface area contributed by atoms with Gasteiger partial charge < -0.3 is 10.1 Å². The highest BCUT2D eigenvalue weighted by Gasteiger charge is 2.67. The summed E-state index contributed by atoms with van der Waals surface area (Å²) in [5.41, 5.74) is 0.949. The van der Waals surface area contributed by atoms with Crippen LogP contribution in [0.15, 0.2) is 24.3 Å². The van der Waals surface area contributed by atoms with Gasteiger partial charge >= 0.3 is 0 Å². The highest BCUT2D eigenvalue weighted by atomic mass is 35.5. The van der Waals surface area contributed by atoms with E-state index in [1.807, 2.05) is 24.3 Å². The Bertz CT molecular complexity index is 476. The van der Waals surface area contributed by atoms with Crippen LogP contribution >= 0.6 is 23.2 Å². The Balaban J connectivity index is 2.13. The molecule has 0 radical (unpaired) electrons. The van der Waals surface area contributed by atoms with Gasteiger partial charge in [-0.15, -0.1) is 23.2 Å². The third kappa shape index (κ3) is 2.35. The zero-order valence-corrected chi connectivity index (χ0v) is 11.8. The lowest BCUT2D eigenvalue weighted by Gasteiger charge is -2.15. The number of methoxy groups -OCH3 is 1. The van der Waals surface area contributed by atoms with E-state index in [1.165, 1.54) is 0 Å². The van der Waals surface area contributed by atoms with Crippen LogP contribution in [-0.4, -0.2) is 17.4 Å². The van der Waals surface area contributed by atoms with Crippen LogP contribution in [0.4, 0.5) is 5.69 Å². The van der Waals surface area contributed by atoms with Gasteiger partial charge in [-0.05, 0) is 19.4 Å². The van der Waals surface area contributed by atoms with Crippen molar-refractivity contribution in [2.45, 2.75) is 24.3 Å². The Hall–Kier alpha value is -0.770. The van der Waals surface area contributed by atoms with Crippen molar-refractivity contribution in [3.05, 3.63) is 29.8 Å². The molecule has 0 heterocycles. The predicted molar refractivity (Wildman–Crippen MR) is 72.9 cm³/mol.